The van der Waals surface area contributed by atoms with E-state index in [2.05, 4.69) is 24.1 Å². The van der Waals surface area contributed by atoms with E-state index >= 15 is 0 Å². The molecule has 1 atom stereocenters. The second-order valence-corrected chi connectivity index (χ2v) is 4.54. The zero-order valence-electron chi connectivity index (χ0n) is 9.56. The molecule has 1 aromatic rings. The molecule has 3 N–H and O–H groups in total. The van der Waals surface area contributed by atoms with E-state index in [0.717, 1.165) is 19.3 Å². The Hall–Kier alpha value is -0.670. The molecule has 0 radical (unpaired) electrons. The first-order valence-corrected chi connectivity index (χ1v) is 6.22. The van der Waals surface area contributed by atoms with Crippen LogP contribution in [0.3, 0.4) is 0 Å². The first-order chi connectivity index (χ1) is 7.58. The third-order valence-corrected chi connectivity index (χ3v) is 3.02. The summed E-state index contributed by atoms with van der Waals surface area (Å²) in [7, 11) is 0. The zero-order valence-corrected chi connectivity index (χ0v) is 11.1. The van der Waals surface area contributed by atoms with Crippen LogP contribution in [0.15, 0.2) is 6.07 Å². The molecule has 0 amide bonds. The summed E-state index contributed by atoms with van der Waals surface area (Å²) in [5.41, 5.74) is 5.64. The number of hydrogen-bond donors (Lipinski definition) is 2. The van der Waals surface area contributed by atoms with Gasteiger partial charge in [0.1, 0.15) is 11.6 Å². The quantitative estimate of drug-likeness (QED) is 0.844. The molecule has 0 bridgehead atoms. The summed E-state index contributed by atoms with van der Waals surface area (Å²) in [6.45, 7) is 4.27. The number of nitrogens with two attached hydrogens (primary N) is 1. The minimum absolute atomic E-state index is 0.305. The molecule has 1 rings (SSSR count). The normalized spacial score (nSPS) is 12.5. The molecule has 0 aliphatic heterocycles. The highest BCUT2D eigenvalue weighted by molar-refractivity contribution is 6.37. The van der Waals surface area contributed by atoms with E-state index in [0.29, 0.717) is 27.7 Å². The smallest absolute Gasteiger partial charge is 0.147 e. The summed E-state index contributed by atoms with van der Waals surface area (Å²) in [5, 5.41) is 4.18. The van der Waals surface area contributed by atoms with Crippen LogP contribution in [0.25, 0.3) is 0 Å². The maximum Gasteiger partial charge on any atom is 0.147 e. The number of nitrogens with zero attached hydrogens (tertiary/aromatic N) is 1. The van der Waals surface area contributed by atoms with Gasteiger partial charge in [-0.25, -0.2) is 4.98 Å². The fourth-order valence-corrected chi connectivity index (χ4v) is 1.92. The van der Waals surface area contributed by atoms with Crippen LogP contribution in [0.4, 0.5) is 11.6 Å². The molecule has 0 aromatic carbocycles. The molecule has 1 aromatic heterocycles. The molecule has 0 saturated carbocycles. The molecule has 1 unspecified atom stereocenters. The number of anilines is 2. The monoisotopic (exact) mass is 261 g/mol. The van der Waals surface area contributed by atoms with Gasteiger partial charge in [-0.3, -0.25) is 0 Å². The lowest BCUT2D eigenvalue weighted by atomic mass is 10.1. The van der Waals surface area contributed by atoms with Crippen LogP contribution >= 0.6 is 23.2 Å². The van der Waals surface area contributed by atoms with Crippen molar-refractivity contribution in [2.45, 2.75) is 39.2 Å². The van der Waals surface area contributed by atoms with Crippen molar-refractivity contribution in [1.29, 1.82) is 0 Å². The summed E-state index contributed by atoms with van der Waals surface area (Å²) in [6.07, 6.45) is 3.22. The molecular weight excluding hydrogens is 245 g/mol. The molecule has 90 valence electrons. The van der Waals surface area contributed by atoms with E-state index in [4.69, 9.17) is 28.9 Å². The molecule has 0 aliphatic rings. The standard InChI is InChI=1S/C11H17Cl2N3/c1-3-5-7(4-2)15-11-9(13)6-8(12)10(14)16-11/h6-7H,3-5H2,1-2H3,(H3,14,15,16). The van der Waals surface area contributed by atoms with Crippen LogP contribution in [0, 0.1) is 0 Å². The van der Waals surface area contributed by atoms with Crippen molar-refractivity contribution in [3.05, 3.63) is 16.1 Å². The highest BCUT2D eigenvalue weighted by Crippen LogP contribution is 2.28. The maximum absolute atomic E-state index is 6.04. The maximum atomic E-state index is 6.04. The van der Waals surface area contributed by atoms with E-state index in [9.17, 15) is 0 Å². The van der Waals surface area contributed by atoms with Crippen molar-refractivity contribution in [3.8, 4) is 0 Å². The third kappa shape index (κ3) is 3.42. The lowest BCUT2D eigenvalue weighted by Crippen LogP contribution is -2.19. The summed E-state index contributed by atoms with van der Waals surface area (Å²) >= 11 is 11.9. The van der Waals surface area contributed by atoms with Crippen molar-refractivity contribution in [1.82, 2.24) is 4.98 Å². The molecule has 0 spiro atoms. The molecule has 5 heteroatoms. The molecule has 0 aliphatic carbocycles. The Labute approximate surface area is 106 Å². The van der Waals surface area contributed by atoms with Gasteiger partial charge < -0.3 is 11.1 Å². The number of halogens is 2. The number of nitrogen functional groups attached to an aromatic ring is 1. The minimum Gasteiger partial charge on any atom is -0.382 e. The van der Waals surface area contributed by atoms with Gasteiger partial charge in [0, 0.05) is 6.04 Å². The van der Waals surface area contributed by atoms with Crippen molar-refractivity contribution in [2.75, 3.05) is 11.1 Å². The summed E-state index contributed by atoms with van der Waals surface area (Å²) < 4.78 is 0. The Kier molecular flexibility index (Phi) is 5.16. The van der Waals surface area contributed by atoms with Gasteiger partial charge in [-0.2, -0.15) is 0 Å². The highest BCUT2D eigenvalue weighted by atomic mass is 35.5. The number of hydrogen-bond acceptors (Lipinski definition) is 3. The predicted octanol–water partition coefficient (Wildman–Crippen LogP) is 3.96. The minimum atomic E-state index is 0.305. The SMILES string of the molecule is CCCC(CC)Nc1nc(N)c(Cl)cc1Cl. The summed E-state index contributed by atoms with van der Waals surface area (Å²) in [6, 6.07) is 1.99. The Morgan fingerprint density at radius 1 is 1.38 bits per heavy atom. The van der Waals surface area contributed by atoms with Gasteiger partial charge in [0.25, 0.3) is 0 Å². The number of aromatic nitrogens is 1. The Morgan fingerprint density at radius 2 is 2.06 bits per heavy atom. The van der Waals surface area contributed by atoms with Crippen molar-refractivity contribution in [3.63, 3.8) is 0 Å². The Bertz CT molecular complexity index is 355. The molecule has 1 heterocycles. The molecular formula is C11H17Cl2N3. The van der Waals surface area contributed by atoms with E-state index in [-0.39, 0.29) is 0 Å². The Morgan fingerprint density at radius 3 is 2.62 bits per heavy atom. The van der Waals surface area contributed by atoms with Crippen LogP contribution in [-0.2, 0) is 0 Å². The van der Waals surface area contributed by atoms with Crippen LogP contribution in [-0.4, -0.2) is 11.0 Å². The lowest BCUT2D eigenvalue weighted by Gasteiger charge is -2.18. The fourth-order valence-electron chi connectivity index (χ4n) is 1.50. The molecule has 3 nitrogen and oxygen atoms in total. The van der Waals surface area contributed by atoms with Gasteiger partial charge in [0.15, 0.2) is 0 Å². The number of rotatable bonds is 5. The summed E-state index contributed by atoms with van der Waals surface area (Å²) in [4.78, 5) is 4.15. The first-order valence-electron chi connectivity index (χ1n) is 5.46. The van der Waals surface area contributed by atoms with E-state index in [1.807, 2.05) is 0 Å². The van der Waals surface area contributed by atoms with Gasteiger partial charge in [-0.05, 0) is 18.9 Å². The van der Waals surface area contributed by atoms with Crippen LogP contribution < -0.4 is 11.1 Å². The van der Waals surface area contributed by atoms with Crippen LogP contribution in [0.1, 0.15) is 33.1 Å². The van der Waals surface area contributed by atoms with Crippen molar-refractivity contribution >= 4 is 34.8 Å². The van der Waals surface area contributed by atoms with Crippen LogP contribution in [0.5, 0.6) is 0 Å². The lowest BCUT2D eigenvalue weighted by molar-refractivity contribution is 0.620. The largest absolute Gasteiger partial charge is 0.382 e. The van der Waals surface area contributed by atoms with Gasteiger partial charge in [-0.1, -0.05) is 43.5 Å². The summed E-state index contributed by atoms with van der Waals surface area (Å²) in [5.74, 6) is 0.920. The Balaban J connectivity index is 2.83. The number of nitrogens with one attached hydrogen (secondary N) is 1. The van der Waals surface area contributed by atoms with Gasteiger partial charge >= 0.3 is 0 Å². The van der Waals surface area contributed by atoms with E-state index in [1.54, 1.807) is 6.07 Å². The fraction of sp³-hybridized carbons (Fsp3) is 0.545. The second-order valence-electron chi connectivity index (χ2n) is 3.72. The van der Waals surface area contributed by atoms with E-state index in [1.165, 1.54) is 0 Å². The number of pyridine rings is 1. The molecule has 16 heavy (non-hydrogen) atoms. The van der Waals surface area contributed by atoms with Crippen LogP contribution in [0.2, 0.25) is 10.0 Å². The van der Waals surface area contributed by atoms with Gasteiger partial charge in [-0.15, -0.1) is 0 Å². The van der Waals surface area contributed by atoms with E-state index < -0.39 is 0 Å². The average Bonchev–Trinajstić information content (AvgIpc) is 2.25. The molecule has 0 fully saturated rings. The first kappa shape index (κ1) is 13.4. The van der Waals surface area contributed by atoms with Crippen molar-refractivity contribution in [2.24, 2.45) is 0 Å². The second kappa shape index (κ2) is 6.16. The molecule has 0 saturated heterocycles. The topological polar surface area (TPSA) is 50.9 Å². The average molecular weight is 262 g/mol. The van der Waals surface area contributed by atoms with Crippen molar-refractivity contribution < 1.29 is 0 Å². The third-order valence-electron chi connectivity index (χ3n) is 2.43. The zero-order chi connectivity index (χ0) is 12.1. The van der Waals surface area contributed by atoms with Gasteiger partial charge in [0.2, 0.25) is 0 Å². The predicted molar refractivity (Wildman–Crippen MR) is 71.3 cm³/mol. The highest BCUT2D eigenvalue weighted by Gasteiger charge is 2.11. The van der Waals surface area contributed by atoms with Gasteiger partial charge in [0.05, 0.1) is 10.0 Å².